The highest BCUT2D eigenvalue weighted by molar-refractivity contribution is 5.77. The Balaban J connectivity index is 1.71. The number of piperidine rings is 1. The minimum Gasteiger partial charge on any atom is -0.497 e. The van der Waals surface area contributed by atoms with Gasteiger partial charge in [-0.2, -0.15) is 0 Å². The van der Waals surface area contributed by atoms with E-state index in [4.69, 9.17) is 14.6 Å². The predicted molar refractivity (Wildman–Crippen MR) is 101 cm³/mol. The molecule has 2 N–H and O–H groups in total. The van der Waals surface area contributed by atoms with E-state index in [2.05, 4.69) is 0 Å². The molecule has 1 saturated heterocycles. The van der Waals surface area contributed by atoms with Crippen LogP contribution >= 0.6 is 0 Å². The zero-order chi connectivity index (χ0) is 19.2. The van der Waals surface area contributed by atoms with Crippen molar-refractivity contribution in [3.8, 4) is 11.5 Å². The summed E-state index contributed by atoms with van der Waals surface area (Å²) in [6.45, 7) is 0.569. The summed E-state index contributed by atoms with van der Waals surface area (Å²) < 4.78 is 10.5. The molecule has 6 heteroatoms. The Bertz CT molecular complexity index is 744. The van der Waals surface area contributed by atoms with Crippen molar-refractivity contribution in [2.24, 2.45) is 0 Å². The summed E-state index contributed by atoms with van der Waals surface area (Å²) >= 11 is 0. The number of benzene rings is 2. The largest absolute Gasteiger partial charge is 0.497 e. The number of aliphatic hydroxyl groups is 2. The summed E-state index contributed by atoms with van der Waals surface area (Å²) in [7, 11) is 1.61. The van der Waals surface area contributed by atoms with Gasteiger partial charge in [-0.25, -0.2) is 0 Å². The van der Waals surface area contributed by atoms with Gasteiger partial charge < -0.3 is 24.6 Å². The molecule has 2 aromatic carbocycles. The Morgan fingerprint density at radius 2 is 1.74 bits per heavy atom. The van der Waals surface area contributed by atoms with Gasteiger partial charge in [0.15, 0.2) is 0 Å². The molecule has 1 heterocycles. The molecule has 3 rings (SSSR count). The fraction of sp³-hybridized carbons (Fsp3) is 0.381. The number of likely N-dealkylation sites (tertiary alicyclic amines) is 1. The van der Waals surface area contributed by atoms with Crippen LogP contribution in [0.25, 0.3) is 0 Å². The minimum absolute atomic E-state index is 0.0362. The van der Waals surface area contributed by atoms with Gasteiger partial charge >= 0.3 is 0 Å². The number of carbonyl (C=O) groups is 1. The van der Waals surface area contributed by atoms with Crippen LogP contribution in [0.1, 0.15) is 29.9 Å². The van der Waals surface area contributed by atoms with Crippen molar-refractivity contribution < 1.29 is 24.5 Å². The SMILES string of the molecule is COc1ccc(CN2C(=O)CCC(c3ccc(OCCO)cc3)C2O)cc1. The van der Waals surface area contributed by atoms with Crippen molar-refractivity contribution in [1.29, 1.82) is 0 Å². The maximum Gasteiger partial charge on any atom is 0.224 e. The van der Waals surface area contributed by atoms with Crippen molar-refractivity contribution >= 4 is 5.91 Å². The van der Waals surface area contributed by atoms with Gasteiger partial charge in [-0.05, 0) is 41.8 Å². The van der Waals surface area contributed by atoms with Crippen LogP contribution in [0, 0.1) is 0 Å². The molecule has 2 unspecified atom stereocenters. The van der Waals surface area contributed by atoms with E-state index in [1.807, 2.05) is 48.5 Å². The van der Waals surface area contributed by atoms with Gasteiger partial charge in [0.1, 0.15) is 24.3 Å². The van der Waals surface area contributed by atoms with Crippen LogP contribution in [0.3, 0.4) is 0 Å². The summed E-state index contributed by atoms with van der Waals surface area (Å²) in [4.78, 5) is 13.9. The highest BCUT2D eigenvalue weighted by Gasteiger charge is 2.35. The lowest BCUT2D eigenvalue weighted by atomic mass is 9.88. The number of hydrogen-bond acceptors (Lipinski definition) is 5. The maximum atomic E-state index is 12.4. The predicted octanol–water partition coefficient (Wildman–Crippen LogP) is 2.29. The minimum atomic E-state index is -0.877. The molecule has 1 fully saturated rings. The lowest BCUT2D eigenvalue weighted by molar-refractivity contribution is -0.150. The molecule has 1 aliphatic rings. The van der Waals surface area contributed by atoms with Crippen molar-refractivity contribution in [2.45, 2.75) is 31.5 Å². The number of rotatable bonds is 7. The number of ether oxygens (including phenoxy) is 2. The van der Waals surface area contributed by atoms with Gasteiger partial charge in [0.05, 0.1) is 13.7 Å². The number of hydrogen-bond donors (Lipinski definition) is 2. The molecule has 1 aliphatic heterocycles. The fourth-order valence-corrected chi connectivity index (χ4v) is 3.36. The summed E-state index contributed by atoms with van der Waals surface area (Å²) in [5.74, 6) is 1.24. The Kier molecular flexibility index (Phi) is 6.32. The molecule has 0 saturated carbocycles. The van der Waals surface area contributed by atoms with Gasteiger partial charge in [-0.15, -0.1) is 0 Å². The summed E-state index contributed by atoms with van der Waals surface area (Å²) in [5.41, 5.74) is 1.91. The van der Waals surface area contributed by atoms with Crippen LogP contribution in [0.5, 0.6) is 11.5 Å². The number of carbonyl (C=O) groups excluding carboxylic acids is 1. The van der Waals surface area contributed by atoms with Crippen molar-refractivity contribution in [1.82, 2.24) is 4.90 Å². The van der Waals surface area contributed by atoms with Crippen LogP contribution in [0.15, 0.2) is 48.5 Å². The molecular formula is C21H25NO5. The van der Waals surface area contributed by atoms with Crippen LogP contribution in [0.2, 0.25) is 0 Å². The monoisotopic (exact) mass is 371 g/mol. The first-order valence-corrected chi connectivity index (χ1v) is 9.06. The van der Waals surface area contributed by atoms with Crippen molar-refractivity contribution in [2.75, 3.05) is 20.3 Å². The first-order chi connectivity index (χ1) is 13.1. The number of aliphatic hydroxyl groups excluding tert-OH is 2. The Morgan fingerprint density at radius 3 is 2.37 bits per heavy atom. The second-order valence-electron chi connectivity index (χ2n) is 6.57. The van der Waals surface area contributed by atoms with E-state index in [1.165, 1.54) is 4.90 Å². The summed E-state index contributed by atoms with van der Waals surface area (Å²) in [6, 6.07) is 14.9. The molecule has 2 atom stereocenters. The quantitative estimate of drug-likeness (QED) is 0.781. The molecule has 144 valence electrons. The number of amides is 1. The van der Waals surface area contributed by atoms with Crippen LogP contribution < -0.4 is 9.47 Å². The molecule has 2 aromatic rings. The maximum absolute atomic E-state index is 12.4. The summed E-state index contributed by atoms with van der Waals surface area (Å²) in [6.07, 6.45) is 0.133. The molecule has 0 radical (unpaired) electrons. The third kappa shape index (κ3) is 4.59. The van der Waals surface area contributed by atoms with E-state index >= 15 is 0 Å². The average Bonchev–Trinajstić information content (AvgIpc) is 2.70. The Morgan fingerprint density at radius 1 is 1.07 bits per heavy atom. The van der Waals surface area contributed by atoms with E-state index in [0.717, 1.165) is 16.9 Å². The number of methoxy groups -OCH3 is 1. The third-order valence-corrected chi connectivity index (χ3v) is 4.85. The van der Waals surface area contributed by atoms with E-state index in [9.17, 15) is 9.90 Å². The van der Waals surface area contributed by atoms with E-state index in [0.29, 0.717) is 25.1 Å². The summed E-state index contributed by atoms with van der Waals surface area (Å²) in [5, 5.41) is 19.7. The molecule has 6 nitrogen and oxygen atoms in total. The molecule has 0 bridgehead atoms. The molecular weight excluding hydrogens is 346 g/mol. The van der Waals surface area contributed by atoms with Gasteiger partial charge in [0.2, 0.25) is 5.91 Å². The molecule has 0 aliphatic carbocycles. The smallest absolute Gasteiger partial charge is 0.224 e. The van der Waals surface area contributed by atoms with Gasteiger partial charge in [0, 0.05) is 18.9 Å². The first-order valence-electron chi connectivity index (χ1n) is 9.06. The third-order valence-electron chi connectivity index (χ3n) is 4.85. The van der Waals surface area contributed by atoms with Gasteiger partial charge in [-0.3, -0.25) is 4.79 Å². The molecule has 1 amide bonds. The molecule has 27 heavy (non-hydrogen) atoms. The van der Waals surface area contributed by atoms with Crippen molar-refractivity contribution in [3.63, 3.8) is 0 Å². The molecule has 0 spiro atoms. The number of nitrogens with zero attached hydrogens (tertiary/aromatic N) is 1. The van der Waals surface area contributed by atoms with E-state index in [1.54, 1.807) is 7.11 Å². The normalized spacial score (nSPS) is 19.8. The average molecular weight is 371 g/mol. The Labute approximate surface area is 159 Å². The van der Waals surface area contributed by atoms with E-state index in [-0.39, 0.29) is 25.0 Å². The second kappa shape index (κ2) is 8.88. The van der Waals surface area contributed by atoms with Crippen LogP contribution in [-0.2, 0) is 11.3 Å². The topological polar surface area (TPSA) is 79.2 Å². The highest BCUT2D eigenvalue weighted by atomic mass is 16.5. The Hall–Kier alpha value is -2.57. The first kappa shape index (κ1) is 19.2. The fourth-order valence-electron chi connectivity index (χ4n) is 3.36. The van der Waals surface area contributed by atoms with E-state index < -0.39 is 6.23 Å². The lowest BCUT2D eigenvalue weighted by Gasteiger charge is -2.38. The van der Waals surface area contributed by atoms with Gasteiger partial charge in [-0.1, -0.05) is 24.3 Å². The zero-order valence-electron chi connectivity index (χ0n) is 15.4. The van der Waals surface area contributed by atoms with Crippen LogP contribution in [-0.4, -0.2) is 47.6 Å². The highest BCUT2D eigenvalue weighted by Crippen LogP contribution is 2.33. The van der Waals surface area contributed by atoms with Crippen molar-refractivity contribution in [3.05, 3.63) is 59.7 Å². The second-order valence-corrected chi connectivity index (χ2v) is 6.57. The van der Waals surface area contributed by atoms with Gasteiger partial charge in [0.25, 0.3) is 0 Å². The zero-order valence-corrected chi connectivity index (χ0v) is 15.4. The molecule has 0 aromatic heterocycles. The van der Waals surface area contributed by atoms with Crippen LogP contribution in [0.4, 0.5) is 0 Å². The lowest BCUT2D eigenvalue weighted by Crippen LogP contribution is -2.47. The standard InChI is InChI=1S/C21H25NO5/c1-26-17-6-2-15(3-7-17)14-22-20(24)11-10-19(21(22)25)16-4-8-18(9-5-16)27-13-12-23/h2-9,19,21,23,25H,10-14H2,1H3.